The van der Waals surface area contributed by atoms with E-state index >= 15 is 0 Å². The molecule has 19 heavy (non-hydrogen) atoms. The standard InChI is InChI=1S/C11H17BrN2O4S/c1-5-7-9(12)8(14(4)13-7)6-19(17,18)11(2,3)10(15)16/h5-6H2,1-4H3,(H,15,16). The van der Waals surface area contributed by atoms with E-state index < -0.39 is 20.6 Å². The number of halogens is 1. The van der Waals surface area contributed by atoms with Crippen molar-refractivity contribution in [2.24, 2.45) is 7.05 Å². The second-order valence-electron chi connectivity index (χ2n) is 4.76. The number of carboxylic acids is 1. The van der Waals surface area contributed by atoms with E-state index in [2.05, 4.69) is 21.0 Å². The van der Waals surface area contributed by atoms with Crippen molar-refractivity contribution < 1.29 is 18.3 Å². The van der Waals surface area contributed by atoms with Crippen LogP contribution in [0.3, 0.4) is 0 Å². The molecule has 0 amide bonds. The van der Waals surface area contributed by atoms with Gasteiger partial charge >= 0.3 is 5.97 Å². The van der Waals surface area contributed by atoms with Gasteiger partial charge in [0.25, 0.3) is 0 Å². The summed E-state index contributed by atoms with van der Waals surface area (Å²) in [6.07, 6.45) is 0.663. The summed E-state index contributed by atoms with van der Waals surface area (Å²) in [5.41, 5.74) is 1.21. The van der Waals surface area contributed by atoms with E-state index in [1.54, 1.807) is 7.05 Å². The van der Waals surface area contributed by atoms with Crippen LogP contribution in [0.4, 0.5) is 0 Å². The molecule has 0 aliphatic rings. The van der Waals surface area contributed by atoms with Gasteiger partial charge in [0.05, 0.1) is 21.6 Å². The highest BCUT2D eigenvalue weighted by Gasteiger charge is 2.42. The summed E-state index contributed by atoms with van der Waals surface area (Å²) in [7, 11) is -2.20. The minimum atomic E-state index is -3.84. The van der Waals surface area contributed by atoms with Gasteiger partial charge in [0.1, 0.15) is 0 Å². The monoisotopic (exact) mass is 352 g/mol. The van der Waals surface area contributed by atoms with E-state index in [1.807, 2.05) is 6.92 Å². The number of aryl methyl sites for hydroxylation is 2. The smallest absolute Gasteiger partial charge is 0.324 e. The van der Waals surface area contributed by atoms with Gasteiger partial charge in [-0.2, -0.15) is 5.10 Å². The topological polar surface area (TPSA) is 89.3 Å². The molecule has 1 aromatic rings. The number of nitrogens with zero attached hydrogens (tertiary/aromatic N) is 2. The minimum absolute atomic E-state index is 0.365. The second-order valence-corrected chi connectivity index (χ2v) is 8.09. The Kier molecular flexibility index (Phi) is 4.46. The summed E-state index contributed by atoms with van der Waals surface area (Å²) >= 11 is 3.32. The van der Waals surface area contributed by atoms with Crippen molar-refractivity contribution in [1.82, 2.24) is 9.78 Å². The lowest BCUT2D eigenvalue weighted by molar-refractivity contribution is -0.139. The van der Waals surface area contributed by atoms with Gasteiger partial charge in [-0.3, -0.25) is 9.48 Å². The molecule has 0 saturated heterocycles. The maximum atomic E-state index is 12.2. The Bertz CT molecular complexity index is 604. The summed E-state index contributed by atoms with van der Waals surface area (Å²) in [4.78, 5) is 11.1. The number of hydrogen-bond donors (Lipinski definition) is 1. The van der Waals surface area contributed by atoms with Crippen LogP contribution in [0.15, 0.2) is 4.47 Å². The Morgan fingerprint density at radius 2 is 2.00 bits per heavy atom. The lowest BCUT2D eigenvalue weighted by atomic mass is 10.2. The molecule has 0 aliphatic carbocycles. The van der Waals surface area contributed by atoms with E-state index in [-0.39, 0.29) is 5.75 Å². The fourth-order valence-electron chi connectivity index (χ4n) is 1.47. The van der Waals surface area contributed by atoms with Crippen molar-refractivity contribution in [3.05, 3.63) is 15.9 Å². The van der Waals surface area contributed by atoms with Gasteiger partial charge in [-0.1, -0.05) is 6.92 Å². The van der Waals surface area contributed by atoms with Gasteiger partial charge in [0, 0.05) is 7.05 Å². The van der Waals surface area contributed by atoms with Crippen molar-refractivity contribution in [2.75, 3.05) is 0 Å². The zero-order valence-electron chi connectivity index (χ0n) is 11.3. The van der Waals surface area contributed by atoms with Gasteiger partial charge < -0.3 is 5.11 Å². The highest BCUT2D eigenvalue weighted by atomic mass is 79.9. The van der Waals surface area contributed by atoms with Crippen LogP contribution in [0.1, 0.15) is 32.2 Å². The summed E-state index contributed by atoms with van der Waals surface area (Å²) < 4.78 is 24.7. The van der Waals surface area contributed by atoms with E-state index in [0.717, 1.165) is 5.69 Å². The first-order valence-electron chi connectivity index (χ1n) is 5.70. The first-order valence-corrected chi connectivity index (χ1v) is 8.15. The van der Waals surface area contributed by atoms with Crippen LogP contribution >= 0.6 is 15.9 Å². The molecule has 1 heterocycles. The molecule has 0 aliphatic heterocycles. The molecule has 8 heteroatoms. The van der Waals surface area contributed by atoms with E-state index in [0.29, 0.717) is 16.6 Å². The third kappa shape index (κ3) is 2.84. The number of aromatic nitrogens is 2. The lowest BCUT2D eigenvalue weighted by Gasteiger charge is -2.19. The molecule has 0 bridgehead atoms. The predicted molar refractivity (Wildman–Crippen MR) is 74.6 cm³/mol. The molecule has 1 rings (SSSR count). The molecule has 0 fully saturated rings. The Balaban J connectivity index is 3.24. The first kappa shape index (κ1) is 16.2. The van der Waals surface area contributed by atoms with Crippen molar-refractivity contribution in [1.29, 1.82) is 0 Å². The van der Waals surface area contributed by atoms with E-state index in [9.17, 15) is 13.2 Å². The van der Waals surface area contributed by atoms with Crippen molar-refractivity contribution in [3.8, 4) is 0 Å². The summed E-state index contributed by atoms with van der Waals surface area (Å²) in [6, 6.07) is 0. The summed E-state index contributed by atoms with van der Waals surface area (Å²) in [6.45, 7) is 4.29. The van der Waals surface area contributed by atoms with Crippen LogP contribution in [0.25, 0.3) is 0 Å². The van der Waals surface area contributed by atoms with Crippen LogP contribution in [0.2, 0.25) is 0 Å². The molecule has 0 atom stereocenters. The van der Waals surface area contributed by atoms with Crippen molar-refractivity contribution in [3.63, 3.8) is 0 Å². The summed E-state index contributed by atoms with van der Waals surface area (Å²) in [5.74, 6) is -1.72. The van der Waals surface area contributed by atoms with Gasteiger partial charge in [-0.15, -0.1) is 0 Å². The maximum absolute atomic E-state index is 12.2. The number of carboxylic acid groups (broad SMARTS) is 1. The number of rotatable bonds is 5. The van der Waals surface area contributed by atoms with Crippen molar-refractivity contribution in [2.45, 2.75) is 37.7 Å². The SMILES string of the molecule is CCc1nn(C)c(CS(=O)(=O)C(C)(C)C(=O)O)c1Br. The zero-order valence-corrected chi connectivity index (χ0v) is 13.7. The van der Waals surface area contributed by atoms with Crippen LogP contribution in [-0.2, 0) is 33.9 Å². The first-order chi connectivity index (χ1) is 8.54. The Morgan fingerprint density at radius 1 is 1.47 bits per heavy atom. The molecule has 0 unspecified atom stereocenters. The number of aliphatic carboxylic acids is 1. The van der Waals surface area contributed by atoms with Gasteiger partial charge in [-0.25, -0.2) is 8.42 Å². The largest absolute Gasteiger partial charge is 0.480 e. The molecule has 1 N–H and O–H groups in total. The van der Waals surface area contributed by atoms with Gasteiger partial charge in [0.15, 0.2) is 14.6 Å². The molecule has 0 spiro atoms. The number of sulfone groups is 1. The van der Waals surface area contributed by atoms with E-state index in [4.69, 9.17) is 5.11 Å². The van der Waals surface area contributed by atoms with Crippen LogP contribution < -0.4 is 0 Å². The highest BCUT2D eigenvalue weighted by Crippen LogP contribution is 2.27. The maximum Gasteiger partial charge on any atom is 0.324 e. The molecular formula is C11H17BrN2O4S. The molecule has 108 valence electrons. The van der Waals surface area contributed by atoms with Crippen LogP contribution in [-0.4, -0.2) is 34.0 Å². The average Bonchev–Trinajstić information content (AvgIpc) is 2.55. The molecule has 0 radical (unpaired) electrons. The third-order valence-electron chi connectivity index (χ3n) is 3.12. The number of carbonyl (C=O) groups is 1. The van der Waals surface area contributed by atoms with Crippen LogP contribution in [0.5, 0.6) is 0 Å². The highest BCUT2D eigenvalue weighted by molar-refractivity contribution is 9.10. The zero-order chi connectivity index (χ0) is 15.0. The predicted octanol–water partition coefficient (Wildman–Crippen LogP) is 1.52. The second kappa shape index (κ2) is 5.24. The fraction of sp³-hybridized carbons (Fsp3) is 0.636. The Morgan fingerprint density at radius 3 is 2.37 bits per heavy atom. The normalized spacial score (nSPS) is 12.7. The van der Waals surface area contributed by atoms with Crippen molar-refractivity contribution >= 4 is 31.7 Å². The lowest BCUT2D eigenvalue weighted by Crippen LogP contribution is -2.41. The molecule has 0 aromatic carbocycles. The molecule has 6 nitrogen and oxygen atoms in total. The fourth-order valence-corrected chi connectivity index (χ4v) is 3.73. The minimum Gasteiger partial charge on any atom is -0.480 e. The Hall–Kier alpha value is -0.890. The molecular weight excluding hydrogens is 336 g/mol. The van der Waals surface area contributed by atoms with Gasteiger partial charge in [0.2, 0.25) is 0 Å². The quantitative estimate of drug-likeness (QED) is 0.867. The Labute approximate surface area is 120 Å². The molecule has 1 aromatic heterocycles. The molecule has 0 saturated carbocycles. The average molecular weight is 353 g/mol. The number of hydrogen-bond acceptors (Lipinski definition) is 4. The van der Waals surface area contributed by atoms with Crippen LogP contribution in [0, 0.1) is 0 Å². The summed E-state index contributed by atoms with van der Waals surface area (Å²) in [5, 5.41) is 13.2. The van der Waals surface area contributed by atoms with E-state index in [1.165, 1.54) is 18.5 Å². The third-order valence-corrected chi connectivity index (χ3v) is 6.42. The van der Waals surface area contributed by atoms with Gasteiger partial charge in [-0.05, 0) is 36.2 Å².